The van der Waals surface area contributed by atoms with E-state index in [9.17, 15) is 14.4 Å². The molecule has 3 amide bonds. The number of nitrogens with zero attached hydrogens (tertiary/aromatic N) is 3. The SMILES string of the molecule is C[C@]1(C(=O)NCc2ccccc2)Cn2cnc(C(=O)NCCc3cccs3)c2C(=O)N1C1CC1. The summed E-state index contributed by atoms with van der Waals surface area (Å²) in [6.07, 6.45) is 3.92. The Morgan fingerprint density at radius 3 is 2.65 bits per heavy atom. The van der Waals surface area contributed by atoms with Gasteiger partial charge in [0.1, 0.15) is 11.2 Å². The van der Waals surface area contributed by atoms with Gasteiger partial charge in [-0.25, -0.2) is 4.98 Å². The third-order valence-electron chi connectivity index (χ3n) is 6.42. The van der Waals surface area contributed by atoms with Crippen molar-refractivity contribution in [3.05, 3.63) is 76.0 Å². The summed E-state index contributed by atoms with van der Waals surface area (Å²) in [6.45, 7) is 2.90. The quantitative estimate of drug-likeness (QED) is 0.521. The van der Waals surface area contributed by atoms with Crippen molar-refractivity contribution in [2.24, 2.45) is 0 Å². The highest BCUT2D eigenvalue weighted by atomic mass is 32.1. The van der Waals surface area contributed by atoms with Gasteiger partial charge in [0.15, 0.2) is 5.69 Å². The van der Waals surface area contributed by atoms with E-state index in [2.05, 4.69) is 15.6 Å². The second-order valence-corrected chi connectivity index (χ2v) is 10.0. The molecule has 0 saturated heterocycles. The van der Waals surface area contributed by atoms with Crippen LogP contribution in [0.4, 0.5) is 0 Å². The highest BCUT2D eigenvalue weighted by Crippen LogP contribution is 2.38. The molecule has 34 heavy (non-hydrogen) atoms. The van der Waals surface area contributed by atoms with E-state index in [0.29, 0.717) is 13.1 Å². The lowest BCUT2D eigenvalue weighted by atomic mass is 9.93. The van der Waals surface area contributed by atoms with Gasteiger partial charge in [0.25, 0.3) is 11.8 Å². The molecule has 0 bridgehead atoms. The fourth-order valence-corrected chi connectivity index (χ4v) is 5.24. The first-order chi connectivity index (χ1) is 16.5. The number of thiophene rings is 1. The molecule has 5 rings (SSSR count). The maximum atomic E-state index is 13.6. The number of hydrogen-bond acceptors (Lipinski definition) is 5. The van der Waals surface area contributed by atoms with Crippen LogP contribution in [0.3, 0.4) is 0 Å². The topological polar surface area (TPSA) is 96.3 Å². The van der Waals surface area contributed by atoms with Gasteiger partial charge in [-0.05, 0) is 43.2 Å². The van der Waals surface area contributed by atoms with Crippen LogP contribution in [0.5, 0.6) is 0 Å². The molecule has 1 saturated carbocycles. The first kappa shape index (κ1) is 22.3. The number of carbonyl (C=O) groups excluding carboxylic acids is 3. The van der Waals surface area contributed by atoms with Crippen LogP contribution in [0.1, 0.15) is 51.2 Å². The minimum absolute atomic E-state index is 0.00151. The van der Waals surface area contributed by atoms with Crippen LogP contribution in [0, 0.1) is 0 Å². The number of rotatable bonds is 8. The summed E-state index contributed by atoms with van der Waals surface area (Å²) in [5.74, 6) is -0.892. The molecule has 2 aromatic heterocycles. The van der Waals surface area contributed by atoms with Crippen molar-refractivity contribution in [2.45, 2.75) is 50.9 Å². The first-order valence-corrected chi connectivity index (χ1v) is 12.4. The maximum absolute atomic E-state index is 13.6. The summed E-state index contributed by atoms with van der Waals surface area (Å²) in [5.41, 5.74) is 0.306. The lowest BCUT2D eigenvalue weighted by molar-refractivity contribution is -0.133. The molecule has 176 valence electrons. The van der Waals surface area contributed by atoms with Crippen molar-refractivity contribution in [1.29, 1.82) is 0 Å². The highest BCUT2D eigenvalue weighted by Gasteiger charge is 2.53. The van der Waals surface area contributed by atoms with Gasteiger partial charge in [-0.3, -0.25) is 14.4 Å². The molecule has 2 N–H and O–H groups in total. The van der Waals surface area contributed by atoms with E-state index in [1.807, 2.05) is 47.8 Å². The average Bonchev–Trinajstić information content (AvgIpc) is 3.34. The van der Waals surface area contributed by atoms with Crippen LogP contribution < -0.4 is 10.6 Å². The summed E-state index contributed by atoms with van der Waals surface area (Å²) in [5, 5.41) is 7.88. The molecule has 3 heterocycles. The minimum atomic E-state index is -1.06. The van der Waals surface area contributed by atoms with Crippen molar-refractivity contribution < 1.29 is 14.4 Å². The van der Waals surface area contributed by atoms with E-state index >= 15 is 0 Å². The van der Waals surface area contributed by atoms with Gasteiger partial charge in [0, 0.05) is 24.0 Å². The zero-order valence-corrected chi connectivity index (χ0v) is 19.8. The van der Waals surface area contributed by atoms with Gasteiger partial charge in [0.2, 0.25) is 5.91 Å². The van der Waals surface area contributed by atoms with Crippen molar-refractivity contribution in [3.63, 3.8) is 0 Å². The number of fused-ring (bicyclic) bond motifs is 1. The van der Waals surface area contributed by atoms with E-state index in [-0.39, 0.29) is 41.7 Å². The Morgan fingerprint density at radius 1 is 1.15 bits per heavy atom. The normalized spacial score (nSPS) is 19.6. The number of benzene rings is 1. The molecule has 1 aromatic carbocycles. The Labute approximate surface area is 202 Å². The standard InChI is InChI=1S/C25H27N5O3S/c1-25(24(33)27-14-17-6-3-2-4-7-17)15-29-16-28-20(21(29)23(32)30(25)18-9-10-18)22(31)26-12-11-19-8-5-13-34-19/h2-8,13,16,18H,9-12,14-15H2,1H3,(H,26,31)(H,27,33)/t25-/m1/s1. The highest BCUT2D eigenvalue weighted by molar-refractivity contribution is 7.09. The van der Waals surface area contributed by atoms with Gasteiger partial charge < -0.3 is 20.1 Å². The lowest BCUT2D eigenvalue weighted by Gasteiger charge is -2.44. The monoisotopic (exact) mass is 477 g/mol. The molecular formula is C25H27N5O3S. The van der Waals surface area contributed by atoms with Crippen molar-refractivity contribution in [3.8, 4) is 0 Å². The van der Waals surface area contributed by atoms with Crippen LogP contribution in [-0.4, -0.2) is 50.3 Å². The molecule has 9 heteroatoms. The zero-order valence-electron chi connectivity index (χ0n) is 19.0. The minimum Gasteiger partial charge on any atom is -0.350 e. The summed E-state index contributed by atoms with van der Waals surface area (Å²) < 4.78 is 1.65. The Hall–Kier alpha value is -3.46. The van der Waals surface area contributed by atoms with Crippen LogP contribution in [0.15, 0.2) is 54.2 Å². The molecule has 0 spiro atoms. The Morgan fingerprint density at radius 2 is 1.94 bits per heavy atom. The number of imidazole rings is 1. The summed E-state index contributed by atoms with van der Waals surface area (Å²) in [4.78, 5) is 47.0. The second-order valence-electron chi connectivity index (χ2n) is 9.00. The van der Waals surface area contributed by atoms with Crippen molar-refractivity contribution in [2.75, 3.05) is 6.54 Å². The summed E-state index contributed by atoms with van der Waals surface area (Å²) in [7, 11) is 0. The van der Waals surface area contributed by atoms with E-state index in [0.717, 1.165) is 24.8 Å². The molecule has 3 aromatic rings. The van der Waals surface area contributed by atoms with Crippen LogP contribution in [-0.2, 0) is 24.3 Å². The van der Waals surface area contributed by atoms with Gasteiger partial charge in [-0.1, -0.05) is 36.4 Å². The molecular weight excluding hydrogens is 450 g/mol. The predicted molar refractivity (Wildman–Crippen MR) is 128 cm³/mol. The number of hydrogen-bond donors (Lipinski definition) is 2. The maximum Gasteiger partial charge on any atom is 0.274 e. The second kappa shape index (κ2) is 9.06. The smallest absolute Gasteiger partial charge is 0.274 e. The van der Waals surface area contributed by atoms with Gasteiger partial charge in [0.05, 0.1) is 12.9 Å². The molecule has 1 aliphatic carbocycles. The Bertz CT molecular complexity index is 1200. The molecule has 2 aliphatic rings. The molecule has 8 nitrogen and oxygen atoms in total. The van der Waals surface area contributed by atoms with Gasteiger partial charge in [-0.2, -0.15) is 0 Å². The fourth-order valence-electron chi connectivity index (χ4n) is 4.53. The summed E-state index contributed by atoms with van der Waals surface area (Å²) >= 11 is 1.64. The number of aromatic nitrogens is 2. The fraction of sp³-hybridized carbons (Fsp3) is 0.360. The summed E-state index contributed by atoms with van der Waals surface area (Å²) in [6, 6.07) is 13.7. The molecule has 0 radical (unpaired) electrons. The largest absolute Gasteiger partial charge is 0.350 e. The lowest BCUT2D eigenvalue weighted by Crippen LogP contribution is -2.64. The van der Waals surface area contributed by atoms with Crippen LogP contribution >= 0.6 is 11.3 Å². The van der Waals surface area contributed by atoms with Crippen LogP contribution in [0.2, 0.25) is 0 Å². The van der Waals surface area contributed by atoms with E-state index in [1.54, 1.807) is 27.7 Å². The third-order valence-corrected chi connectivity index (χ3v) is 7.35. The molecule has 1 fully saturated rings. The zero-order chi connectivity index (χ0) is 23.7. The number of amides is 3. The van der Waals surface area contributed by atoms with Gasteiger partial charge >= 0.3 is 0 Å². The molecule has 1 atom stereocenters. The molecule has 0 unspecified atom stereocenters. The number of nitrogens with one attached hydrogen (secondary N) is 2. The van der Waals surface area contributed by atoms with Gasteiger partial charge in [-0.15, -0.1) is 11.3 Å². The number of carbonyl (C=O) groups is 3. The average molecular weight is 478 g/mol. The van der Waals surface area contributed by atoms with E-state index in [4.69, 9.17) is 0 Å². The Balaban J connectivity index is 1.34. The third kappa shape index (κ3) is 4.23. The Kier molecular flexibility index (Phi) is 5.95. The van der Waals surface area contributed by atoms with E-state index in [1.165, 1.54) is 11.2 Å². The van der Waals surface area contributed by atoms with Crippen molar-refractivity contribution in [1.82, 2.24) is 25.1 Å². The molecule has 1 aliphatic heterocycles. The van der Waals surface area contributed by atoms with Crippen molar-refractivity contribution >= 4 is 29.1 Å². The first-order valence-electron chi connectivity index (χ1n) is 11.5. The predicted octanol–water partition coefficient (Wildman–Crippen LogP) is 2.61. The van der Waals surface area contributed by atoms with E-state index < -0.39 is 5.54 Å². The van der Waals surface area contributed by atoms with Crippen LogP contribution in [0.25, 0.3) is 0 Å².